The SMILES string of the molecule is O=C(O)c1cc2c([nH]1)CCC/C2=C\c1ccccc1. The predicted octanol–water partition coefficient (Wildman–Crippen LogP) is 3.59. The topological polar surface area (TPSA) is 53.1 Å². The van der Waals surface area contributed by atoms with E-state index in [1.54, 1.807) is 6.07 Å². The third-order valence-corrected chi connectivity index (χ3v) is 3.49. The van der Waals surface area contributed by atoms with Crippen LogP contribution in [-0.4, -0.2) is 16.1 Å². The van der Waals surface area contributed by atoms with Crippen LogP contribution in [0.3, 0.4) is 0 Å². The minimum absolute atomic E-state index is 0.283. The second-order valence-corrected chi connectivity index (χ2v) is 4.81. The summed E-state index contributed by atoms with van der Waals surface area (Å²) in [4.78, 5) is 14.0. The summed E-state index contributed by atoms with van der Waals surface area (Å²) in [6.07, 6.45) is 5.14. The van der Waals surface area contributed by atoms with Crippen LogP contribution in [0.25, 0.3) is 11.6 Å². The molecule has 2 aromatic rings. The van der Waals surface area contributed by atoms with Crippen molar-refractivity contribution < 1.29 is 9.90 Å². The number of nitrogens with one attached hydrogen (secondary N) is 1. The molecule has 0 saturated heterocycles. The molecule has 3 rings (SSSR count). The molecule has 0 aliphatic heterocycles. The van der Waals surface area contributed by atoms with Crippen molar-refractivity contribution in [2.24, 2.45) is 0 Å². The number of aromatic nitrogens is 1. The number of rotatable bonds is 2. The number of benzene rings is 1. The molecule has 2 N–H and O–H groups in total. The fourth-order valence-corrected chi connectivity index (χ4v) is 2.59. The summed E-state index contributed by atoms with van der Waals surface area (Å²) in [5, 5.41) is 9.06. The Kier molecular flexibility index (Phi) is 2.95. The molecule has 1 aromatic carbocycles. The average molecular weight is 253 g/mol. The lowest BCUT2D eigenvalue weighted by molar-refractivity contribution is 0.0691. The zero-order valence-corrected chi connectivity index (χ0v) is 10.5. The number of fused-ring (bicyclic) bond motifs is 1. The Balaban J connectivity index is 2.03. The number of aryl methyl sites for hydroxylation is 1. The van der Waals surface area contributed by atoms with Gasteiger partial charge >= 0.3 is 5.97 Å². The average Bonchev–Trinajstić information content (AvgIpc) is 2.85. The standard InChI is InChI=1S/C16H15NO2/c18-16(19)15-10-13-12(7-4-8-14(13)17-15)9-11-5-2-1-3-6-11/h1-3,5-6,9-10,17H,4,7-8H2,(H,18,19)/b12-9+. The molecular weight excluding hydrogens is 238 g/mol. The lowest BCUT2D eigenvalue weighted by Crippen LogP contribution is -2.00. The maximum atomic E-state index is 11.0. The highest BCUT2D eigenvalue weighted by atomic mass is 16.4. The van der Waals surface area contributed by atoms with E-state index < -0.39 is 5.97 Å². The second kappa shape index (κ2) is 4.76. The van der Waals surface area contributed by atoms with Crippen molar-refractivity contribution in [3.63, 3.8) is 0 Å². The van der Waals surface area contributed by atoms with Gasteiger partial charge in [0.25, 0.3) is 0 Å². The molecule has 0 unspecified atom stereocenters. The van der Waals surface area contributed by atoms with E-state index in [2.05, 4.69) is 23.2 Å². The van der Waals surface area contributed by atoms with Crippen LogP contribution in [-0.2, 0) is 6.42 Å². The fourth-order valence-electron chi connectivity index (χ4n) is 2.59. The number of carboxylic acid groups (broad SMARTS) is 1. The van der Waals surface area contributed by atoms with Gasteiger partial charge in [0.1, 0.15) is 5.69 Å². The highest BCUT2D eigenvalue weighted by Gasteiger charge is 2.19. The van der Waals surface area contributed by atoms with Crippen LogP contribution in [0.1, 0.15) is 40.2 Å². The molecular formula is C16H15NO2. The summed E-state index contributed by atoms with van der Waals surface area (Å²) in [7, 11) is 0. The van der Waals surface area contributed by atoms with Gasteiger partial charge in [0.05, 0.1) is 0 Å². The monoisotopic (exact) mass is 253 g/mol. The lowest BCUT2D eigenvalue weighted by atomic mass is 9.91. The van der Waals surface area contributed by atoms with E-state index in [9.17, 15) is 4.79 Å². The van der Waals surface area contributed by atoms with E-state index in [1.165, 1.54) is 5.57 Å². The van der Waals surface area contributed by atoms with E-state index in [0.717, 1.165) is 36.1 Å². The number of carbonyl (C=O) groups is 1. The largest absolute Gasteiger partial charge is 0.477 e. The highest BCUT2D eigenvalue weighted by Crippen LogP contribution is 2.32. The Hall–Kier alpha value is -2.29. The Bertz CT molecular complexity index is 638. The number of carboxylic acids is 1. The number of hydrogen-bond donors (Lipinski definition) is 2. The predicted molar refractivity (Wildman–Crippen MR) is 75.0 cm³/mol. The molecule has 1 heterocycles. The maximum absolute atomic E-state index is 11.0. The summed E-state index contributed by atoms with van der Waals surface area (Å²) < 4.78 is 0. The number of hydrogen-bond acceptors (Lipinski definition) is 1. The van der Waals surface area contributed by atoms with Crippen molar-refractivity contribution >= 4 is 17.6 Å². The molecule has 1 aliphatic carbocycles. The molecule has 3 nitrogen and oxygen atoms in total. The van der Waals surface area contributed by atoms with E-state index in [-0.39, 0.29) is 5.69 Å². The van der Waals surface area contributed by atoms with E-state index in [0.29, 0.717) is 0 Å². The van der Waals surface area contributed by atoms with Gasteiger partial charge in [0.2, 0.25) is 0 Å². The van der Waals surface area contributed by atoms with Gasteiger partial charge < -0.3 is 10.1 Å². The summed E-state index contributed by atoms with van der Waals surface area (Å²) in [6.45, 7) is 0. The van der Waals surface area contributed by atoms with Gasteiger partial charge in [-0.1, -0.05) is 36.4 Å². The summed E-state index contributed by atoms with van der Waals surface area (Å²) >= 11 is 0. The van der Waals surface area contributed by atoms with E-state index in [4.69, 9.17) is 5.11 Å². The number of aromatic amines is 1. The Morgan fingerprint density at radius 2 is 2.00 bits per heavy atom. The van der Waals surface area contributed by atoms with Crippen LogP contribution < -0.4 is 0 Å². The van der Waals surface area contributed by atoms with Gasteiger partial charge in [-0.2, -0.15) is 0 Å². The van der Waals surface area contributed by atoms with Crippen molar-refractivity contribution in [3.05, 3.63) is 58.9 Å². The van der Waals surface area contributed by atoms with Crippen LogP contribution in [0.2, 0.25) is 0 Å². The van der Waals surface area contributed by atoms with Crippen molar-refractivity contribution in [2.75, 3.05) is 0 Å². The first-order valence-electron chi connectivity index (χ1n) is 6.45. The van der Waals surface area contributed by atoms with Crippen LogP contribution in [0.4, 0.5) is 0 Å². The minimum atomic E-state index is -0.895. The third-order valence-electron chi connectivity index (χ3n) is 3.49. The minimum Gasteiger partial charge on any atom is -0.477 e. The quantitative estimate of drug-likeness (QED) is 0.859. The van der Waals surface area contributed by atoms with Gasteiger partial charge in [0.15, 0.2) is 0 Å². The highest BCUT2D eigenvalue weighted by molar-refractivity contribution is 5.90. The lowest BCUT2D eigenvalue weighted by Gasteiger charge is -2.14. The molecule has 0 bridgehead atoms. The zero-order chi connectivity index (χ0) is 13.2. The molecule has 1 aromatic heterocycles. The van der Waals surface area contributed by atoms with Crippen molar-refractivity contribution in [3.8, 4) is 0 Å². The van der Waals surface area contributed by atoms with Crippen molar-refractivity contribution in [1.82, 2.24) is 4.98 Å². The number of allylic oxidation sites excluding steroid dienone is 1. The molecule has 96 valence electrons. The van der Waals surface area contributed by atoms with Crippen molar-refractivity contribution in [1.29, 1.82) is 0 Å². The van der Waals surface area contributed by atoms with Gasteiger partial charge in [-0.3, -0.25) is 0 Å². The summed E-state index contributed by atoms with van der Waals surface area (Å²) in [5.41, 5.74) is 4.77. The van der Waals surface area contributed by atoms with Crippen molar-refractivity contribution in [2.45, 2.75) is 19.3 Å². The summed E-state index contributed by atoms with van der Waals surface area (Å²) in [6, 6.07) is 11.9. The maximum Gasteiger partial charge on any atom is 0.352 e. The van der Waals surface area contributed by atoms with Crippen LogP contribution >= 0.6 is 0 Å². The smallest absolute Gasteiger partial charge is 0.352 e. The Morgan fingerprint density at radius 3 is 2.74 bits per heavy atom. The molecule has 0 fully saturated rings. The fraction of sp³-hybridized carbons (Fsp3) is 0.188. The molecule has 0 spiro atoms. The first-order valence-corrected chi connectivity index (χ1v) is 6.45. The van der Waals surface area contributed by atoms with Gasteiger partial charge in [-0.15, -0.1) is 0 Å². The normalized spacial score (nSPS) is 16.3. The van der Waals surface area contributed by atoms with Gasteiger partial charge in [-0.05, 0) is 42.0 Å². The molecule has 0 radical (unpaired) electrons. The van der Waals surface area contributed by atoms with Gasteiger partial charge in [0, 0.05) is 5.69 Å². The molecule has 1 aliphatic rings. The summed E-state index contributed by atoms with van der Waals surface area (Å²) in [5.74, 6) is -0.895. The van der Waals surface area contributed by atoms with E-state index >= 15 is 0 Å². The zero-order valence-electron chi connectivity index (χ0n) is 10.5. The second-order valence-electron chi connectivity index (χ2n) is 4.81. The number of H-pyrrole nitrogens is 1. The molecule has 0 atom stereocenters. The molecule has 19 heavy (non-hydrogen) atoms. The molecule has 0 amide bonds. The van der Waals surface area contributed by atoms with E-state index in [1.807, 2.05) is 18.2 Å². The third kappa shape index (κ3) is 2.32. The number of aromatic carboxylic acids is 1. The molecule has 0 saturated carbocycles. The van der Waals surface area contributed by atoms with Crippen LogP contribution in [0.15, 0.2) is 36.4 Å². The Morgan fingerprint density at radius 1 is 1.21 bits per heavy atom. The molecule has 3 heteroatoms. The Labute approximate surface area is 111 Å². The first kappa shape index (κ1) is 11.8. The van der Waals surface area contributed by atoms with Crippen LogP contribution in [0.5, 0.6) is 0 Å². The first-order chi connectivity index (χ1) is 9.24. The van der Waals surface area contributed by atoms with Gasteiger partial charge in [-0.25, -0.2) is 4.79 Å². The van der Waals surface area contributed by atoms with Crippen LogP contribution in [0, 0.1) is 0 Å².